The van der Waals surface area contributed by atoms with Crippen LogP contribution in [0.5, 0.6) is 5.75 Å². The second kappa shape index (κ2) is 7.25. The molecule has 4 nitrogen and oxygen atoms in total. The van der Waals surface area contributed by atoms with Gasteiger partial charge in [0.15, 0.2) is 10.1 Å². The summed E-state index contributed by atoms with van der Waals surface area (Å²) in [6.45, 7) is 2.05. The number of rotatable bonds is 6. The number of ether oxygens (including phenoxy) is 2. The molecule has 0 aromatic heterocycles. The Kier molecular flexibility index (Phi) is 5.59. The fourth-order valence-electron chi connectivity index (χ4n) is 2.09. The van der Waals surface area contributed by atoms with Gasteiger partial charge in [0.05, 0.1) is 7.11 Å². The third kappa shape index (κ3) is 4.08. The first-order valence-corrected chi connectivity index (χ1v) is 7.93. The molecule has 6 heteroatoms. The van der Waals surface area contributed by atoms with Gasteiger partial charge in [0, 0.05) is 0 Å². The normalized spacial score (nSPS) is 19.9. The maximum atomic E-state index is 12.0. The van der Waals surface area contributed by atoms with E-state index in [0.29, 0.717) is 6.42 Å². The number of amides is 1. The third-order valence-corrected chi connectivity index (χ3v) is 4.17. The lowest BCUT2D eigenvalue weighted by Gasteiger charge is -2.24. The van der Waals surface area contributed by atoms with Crippen molar-refractivity contribution in [1.82, 2.24) is 5.32 Å². The molecule has 1 N–H and O–H groups in total. The van der Waals surface area contributed by atoms with E-state index < -0.39 is 10.6 Å². The molecule has 1 atom stereocenters. The number of unbranched alkanes of at least 4 members (excludes halogenated alkanes) is 1. The van der Waals surface area contributed by atoms with Gasteiger partial charge in [-0.15, -0.1) is 0 Å². The lowest BCUT2D eigenvalue weighted by atomic mass is 10.2. The number of hydrogen-bond acceptors (Lipinski definition) is 3. The number of halogens is 2. The predicted molar refractivity (Wildman–Crippen MR) is 87.9 cm³/mol. The van der Waals surface area contributed by atoms with Crippen LogP contribution in [-0.4, -0.2) is 23.6 Å². The Balaban J connectivity index is 2.09. The minimum Gasteiger partial charge on any atom is -0.497 e. The summed E-state index contributed by atoms with van der Waals surface area (Å²) < 4.78 is 9.56. The highest BCUT2D eigenvalue weighted by Gasteiger charge is 2.43. The SMILES string of the molecule is CCCCC(Cl)(Cl)C1NC(=O)C(=Cc2ccc(OC)cc2)O1. The van der Waals surface area contributed by atoms with Gasteiger partial charge in [0.1, 0.15) is 5.75 Å². The van der Waals surface area contributed by atoms with Crippen LogP contribution in [0.4, 0.5) is 0 Å². The summed E-state index contributed by atoms with van der Waals surface area (Å²) in [6, 6.07) is 7.29. The Bertz CT molecular complexity index is 555. The first-order chi connectivity index (χ1) is 10.5. The van der Waals surface area contributed by atoms with E-state index in [1.165, 1.54) is 0 Å². The first kappa shape index (κ1) is 17.0. The molecule has 2 rings (SSSR count). The molecule has 1 unspecified atom stereocenters. The van der Waals surface area contributed by atoms with Crippen LogP contribution in [0.3, 0.4) is 0 Å². The average molecular weight is 344 g/mol. The molecule has 1 aromatic carbocycles. The monoisotopic (exact) mass is 343 g/mol. The highest BCUT2D eigenvalue weighted by Crippen LogP contribution is 2.35. The van der Waals surface area contributed by atoms with Crippen LogP contribution < -0.4 is 10.1 Å². The molecule has 1 aliphatic heterocycles. The Morgan fingerprint density at radius 2 is 2.05 bits per heavy atom. The van der Waals surface area contributed by atoms with Gasteiger partial charge in [0.2, 0.25) is 6.23 Å². The van der Waals surface area contributed by atoms with E-state index in [9.17, 15) is 4.79 Å². The van der Waals surface area contributed by atoms with Crippen molar-refractivity contribution in [1.29, 1.82) is 0 Å². The highest BCUT2D eigenvalue weighted by atomic mass is 35.5. The third-order valence-electron chi connectivity index (χ3n) is 3.39. The largest absolute Gasteiger partial charge is 0.497 e. The molecule has 0 radical (unpaired) electrons. The molecule has 1 aromatic rings. The zero-order chi connectivity index (χ0) is 16.2. The van der Waals surface area contributed by atoms with E-state index in [2.05, 4.69) is 5.32 Å². The van der Waals surface area contributed by atoms with Crippen molar-refractivity contribution in [3.8, 4) is 5.75 Å². The summed E-state index contributed by atoms with van der Waals surface area (Å²) >= 11 is 12.6. The molecular formula is C16H19Cl2NO3. The number of alkyl halides is 2. The zero-order valence-corrected chi connectivity index (χ0v) is 14.1. The van der Waals surface area contributed by atoms with Crippen molar-refractivity contribution in [3.63, 3.8) is 0 Å². The molecule has 120 valence electrons. The van der Waals surface area contributed by atoms with Crippen molar-refractivity contribution in [3.05, 3.63) is 35.6 Å². The van der Waals surface area contributed by atoms with Gasteiger partial charge >= 0.3 is 0 Å². The van der Waals surface area contributed by atoms with E-state index in [0.717, 1.165) is 24.2 Å². The summed E-state index contributed by atoms with van der Waals surface area (Å²) in [7, 11) is 1.60. The van der Waals surface area contributed by atoms with E-state index >= 15 is 0 Å². The number of hydrogen-bond donors (Lipinski definition) is 1. The van der Waals surface area contributed by atoms with Crippen molar-refractivity contribution in [2.24, 2.45) is 0 Å². The standard InChI is InChI=1S/C16H19Cl2NO3/c1-3-4-9-16(17,18)15-19-14(20)13(22-15)10-11-5-7-12(21-2)8-6-11/h5-8,10,15H,3-4,9H2,1-2H3,(H,19,20). The average Bonchev–Trinajstić information content (AvgIpc) is 2.88. The molecule has 0 saturated carbocycles. The van der Waals surface area contributed by atoms with Gasteiger partial charge in [-0.1, -0.05) is 55.1 Å². The summed E-state index contributed by atoms with van der Waals surface area (Å²) in [5.41, 5.74) is 0.829. The molecular weight excluding hydrogens is 325 g/mol. The van der Waals surface area contributed by atoms with Crippen molar-refractivity contribution in [2.45, 2.75) is 36.7 Å². The van der Waals surface area contributed by atoms with Crippen molar-refractivity contribution >= 4 is 35.2 Å². The molecule has 0 spiro atoms. The van der Waals surface area contributed by atoms with E-state index in [4.69, 9.17) is 32.7 Å². The number of methoxy groups -OCH3 is 1. The second-order valence-corrected chi connectivity index (χ2v) is 6.66. The summed E-state index contributed by atoms with van der Waals surface area (Å²) in [5, 5.41) is 2.68. The number of carbonyl (C=O) groups excluding carboxylic acids is 1. The molecule has 22 heavy (non-hydrogen) atoms. The Morgan fingerprint density at radius 1 is 1.36 bits per heavy atom. The molecule has 1 aliphatic rings. The maximum Gasteiger partial charge on any atom is 0.289 e. The molecule has 1 amide bonds. The minimum atomic E-state index is -1.14. The molecule has 1 fully saturated rings. The van der Waals surface area contributed by atoms with Gasteiger partial charge in [-0.2, -0.15) is 0 Å². The summed E-state index contributed by atoms with van der Waals surface area (Å²) in [6.07, 6.45) is 3.29. The number of nitrogens with one attached hydrogen (secondary N) is 1. The molecule has 0 aliphatic carbocycles. The lowest BCUT2D eigenvalue weighted by molar-refractivity contribution is -0.116. The Morgan fingerprint density at radius 3 is 2.64 bits per heavy atom. The number of carbonyl (C=O) groups is 1. The topological polar surface area (TPSA) is 47.6 Å². The Labute approximate surface area is 140 Å². The van der Waals surface area contributed by atoms with Crippen LogP contribution in [0.15, 0.2) is 30.0 Å². The summed E-state index contributed by atoms with van der Waals surface area (Å²) in [4.78, 5) is 12.0. The van der Waals surface area contributed by atoms with E-state index in [-0.39, 0.29) is 11.7 Å². The fraction of sp³-hybridized carbons (Fsp3) is 0.438. The second-order valence-electron chi connectivity index (χ2n) is 5.12. The minimum absolute atomic E-state index is 0.206. The van der Waals surface area contributed by atoms with Crippen LogP contribution in [0, 0.1) is 0 Å². The van der Waals surface area contributed by atoms with E-state index in [1.54, 1.807) is 13.2 Å². The van der Waals surface area contributed by atoms with Crippen LogP contribution in [0.25, 0.3) is 6.08 Å². The predicted octanol–water partition coefficient (Wildman–Crippen LogP) is 3.87. The molecule has 0 bridgehead atoms. The Hall–Kier alpha value is -1.39. The van der Waals surface area contributed by atoms with Gasteiger partial charge in [-0.3, -0.25) is 4.79 Å². The maximum absolute atomic E-state index is 12.0. The van der Waals surface area contributed by atoms with Crippen molar-refractivity contribution in [2.75, 3.05) is 7.11 Å². The van der Waals surface area contributed by atoms with Crippen LogP contribution in [0.1, 0.15) is 31.7 Å². The van der Waals surface area contributed by atoms with Gasteiger partial charge in [0.25, 0.3) is 5.91 Å². The lowest BCUT2D eigenvalue weighted by Crippen LogP contribution is -2.41. The first-order valence-electron chi connectivity index (χ1n) is 7.17. The van der Waals surface area contributed by atoms with E-state index in [1.807, 2.05) is 31.2 Å². The molecule has 1 saturated heterocycles. The van der Waals surface area contributed by atoms with Crippen LogP contribution in [0.2, 0.25) is 0 Å². The molecule has 1 heterocycles. The van der Waals surface area contributed by atoms with Gasteiger partial charge in [-0.05, 0) is 30.2 Å². The smallest absolute Gasteiger partial charge is 0.289 e. The summed E-state index contributed by atoms with van der Waals surface area (Å²) in [5.74, 6) is 0.636. The quantitative estimate of drug-likeness (QED) is 0.629. The van der Waals surface area contributed by atoms with Gasteiger partial charge < -0.3 is 14.8 Å². The zero-order valence-electron chi connectivity index (χ0n) is 12.6. The number of benzene rings is 1. The van der Waals surface area contributed by atoms with Crippen LogP contribution in [-0.2, 0) is 9.53 Å². The fourth-order valence-corrected chi connectivity index (χ4v) is 2.55. The van der Waals surface area contributed by atoms with Crippen molar-refractivity contribution < 1.29 is 14.3 Å². The van der Waals surface area contributed by atoms with Gasteiger partial charge in [-0.25, -0.2) is 0 Å². The van der Waals surface area contributed by atoms with Crippen LogP contribution >= 0.6 is 23.2 Å². The highest BCUT2D eigenvalue weighted by molar-refractivity contribution is 6.49.